The second kappa shape index (κ2) is 4.07. The maximum Gasteiger partial charge on any atom is 0.0921 e. The van der Waals surface area contributed by atoms with Gasteiger partial charge in [-0.05, 0) is 6.42 Å². The average Bonchev–Trinajstić information content (AvgIpc) is 2.55. The molecule has 0 spiro atoms. The molecule has 3 heteroatoms. The van der Waals surface area contributed by atoms with Crippen molar-refractivity contribution >= 4 is 0 Å². The van der Waals surface area contributed by atoms with E-state index >= 15 is 0 Å². The molecule has 0 fully saturated rings. The molecule has 0 radical (unpaired) electrons. The summed E-state index contributed by atoms with van der Waals surface area (Å²) in [6, 6.07) is 0.0513. The molecule has 0 amide bonds. The van der Waals surface area contributed by atoms with Gasteiger partial charge in [-0.3, -0.25) is 0 Å². The van der Waals surface area contributed by atoms with Crippen LogP contribution in [0.1, 0.15) is 19.0 Å². The molecule has 1 atom stereocenters. The van der Waals surface area contributed by atoms with Crippen LogP contribution in [-0.2, 0) is 6.42 Å². The predicted octanol–water partition coefficient (Wildman–Crippen LogP) is 1.25. The van der Waals surface area contributed by atoms with Gasteiger partial charge in [-0.25, -0.2) is 4.98 Å². The molecule has 1 heterocycles. The molecule has 0 aliphatic heterocycles. The molecule has 1 rings (SSSR count). The molecule has 1 aromatic heterocycles. The van der Waals surface area contributed by atoms with Gasteiger partial charge in [-0.15, -0.1) is 0 Å². The Bertz CT molecular complexity index is 238. The van der Waals surface area contributed by atoms with Crippen LogP contribution in [0.25, 0.3) is 0 Å². The normalized spacial score (nSPS) is 12.8. The zero-order valence-corrected chi connectivity index (χ0v) is 7.38. The molecule has 0 aliphatic rings. The minimum atomic E-state index is 0.0513. The van der Waals surface area contributed by atoms with Gasteiger partial charge in [0.15, 0.2) is 0 Å². The second-order valence-corrected chi connectivity index (χ2v) is 2.90. The van der Waals surface area contributed by atoms with E-state index in [9.17, 15) is 0 Å². The second-order valence-electron chi connectivity index (χ2n) is 2.90. The Balaban J connectivity index is 2.47. The van der Waals surface area contributed by atoms with Crippen molar-refractivity contribution in [2.45, 2.75) is 25.8 Å². The number of hydrogen-bond acceptors (Lipinski definition) is 2. The van der Waals surface area contributed by atoms with E-state index in [-0.39, 0.29) is 6.04 Å². The summed E-state index contributed by atoms with van der Waals surface area (Å²) in [6.45, 7) is 5.96. The molecule has 1 aromatic rings. The standard InChI is InChI=1S/C9H15N3/c1-3-7(2)9(10)4-8-5-11-6-12-8/h5-6,9H,2-4,10H2,1H3,(H,11,12)/t9-/m0/s1. The highest BCUT2D eigenvalue weighted by atomic mass is 14.9. The van der Waals surface area contributed by atoms with Crippen LogP contribution in [0.4, 0.5) is 0 Å². The van der Waals surface area contributed by atoms with Gasteiger partial charge in [0.1, 0.15) is 0 Å². The van der Waals surface area contributed by atoms with Gasteiger partial charge >= 0.3 is 0 Å². The molecule has 0 saturated carbocycles. The lowest BCUT2D eigenvalue weighted by atomic mass is 10.0. The number of nitrogens with one attached hydrogen (secondary N) is 1. The Hall–Kier alpha value is -1.09. The van der Waals surface area contributed by atoms with Crippen molar-refractivity contribution in [2.24, 2.45) is 5.73 Å². The fourth-order valence-corrected chi connectivity index (χ4v) is 1.04. The highest BCUT2D eigenvalue weighted by Crippen LogP contribution is 2.06. The molecule has 66 valence electrons. The van der Waals surface area contributed by atoms with Crippen molar-refractivity contribution in [3.05, 3.63) is 30.4 Å². The highest BCUT2D eigenvalue weighted by molar-refractivity contribution is 5.09. The number of H-pyrrole nitrogens is 1. The van der Waals surface area contributed by atoms with Crippen molar-refractivity contribution in [1.82, 2.24) is 9.97 Å². The lowest BCUT2D eigenvalue weighted by Gasteiger charge is -2.11. The average molecular weight is 165 g/mol. The van der Waals surface area contributed by atoms with Crippen molar-refractivity contribution in [3.8, 4) is 0 Å². The molecule has 0 unspecified atom stereocenters. The van der Waals surface area contributed by atoms with E-state index < -0.39 is 0 Å². The van der Waals surface area contributed by atoms with Crippen LogP contribution < -0.4 is 5.73 Å². The van der Waals surface area contributed by atoms with E-state index in [2.05, 4.69) is 23.5 Å². The van der Waals surface area contributed by atoms with Crippen LogP contribution in [0, 0.1) is 0 Å². The monoisotopic (exact) mass is 165 g/mol. The first-order chi connectivity index (χ1) is 5.74. The Morgan fingerprint density at radius 1 is 1.83 bits per heavy atom. The zero-order chi connectivity index (χ0) is 8.97. The minimum Gasteiger partial charge on any atom is -0.348 e. The summed E-state index contributed by atoms with van der Waals surface area (Å²) in [6.07, 6.45) is 5.20. The Morgan fingerprint density at radius 2 is 2.58 bits per heavy atom. The molecule has 0 aliphatic carbocycles. The summed E-state index contributed by atoms with van der Waals surface area (Å²) in [5.74, 6) is 0. The van der Waals surface area contributed by atoms with Crippen molar-refractivity contribution in [3.63, 3.8) is 0 Å². The molecule has 0 bridgehead atoms. The molecule has 0 saturated heterocycles. The SMILES string of the molecule is C=C(CC)[C@@H](N)Cc1cnc[nH]1. The summed E-state index contributed by atoms with van der Waals surface area (Å²) in [7, 11) is 0. The van der Waals surface area contributed by atoms with Gasteiger partial charge in [0, 0.05) is 24.4 Å². The van der Waals surface area contributed by atoms with E-state index in [1.807, 2.05) is 0 Å². The maximum absolute atomic E-state index is 5.87. The van der Waals surface area contributed by atoms with E-state index in [0.29, 0.717) is 0 Å². The summed E-state index contributed by atoms with van der Waals surface area (Å²) >= 11 is 0. The van der Waals surface area contributed by atoms with E-state index in [4.69, 9.17) is 5.73 Å². The molecular weight excluding hydrogens is 150 g/mol. The molecule has 3 nitrogen and oxygen atoms in total. The number of rotatable bonds is 4. The Kier molecular flexibility index (Phi) is 3.05. The fourth-order valence-electron chi connectivity index (χ4n) is 1.04. The van der Waals surface area contributed by atoms with E-state index in [1.165, 1.54) is 0 Å². The lowest BCUT2D eigenvalue weighted by molar-refractivity contribution is 0.726. The minimum absolute atomic E-state index is 0.0513. The number of aromatic nitrogens is 2. The first-order valence-electron chi connectivity index (χ1n) is 4.14. The fraction of sp³-hybridized carbons (Fsp3) is 0.444. The predicted molar refractivity (Wildman–Crippen MR) is 49.7 cm³/mol. The largest absolute Gasteiger partial charge is 0.348 e. The van der Waals surface area contributed by atoms with E-state index in [0.717, 1.165) is 24.1 Å². The third-order valence-corrected chi connectivity index (χ3v) is 1.97. The van der Waals surface area contributed by atoms with Gasteiger partial charge in [-0.2, -0.15) is 0 Å². The summed E-state index contributed by atoms with van der Waals surface area (Å²) in [5, 5.41) is 0. The van der Waals surface area contributed by atoms with Crippen LogP contribution in [0.15, 0.2) is 24.7 Å². The lowest BCUT2D eigenvalue weighted by Crippen LogP contribution is -2.24. The number of imidazole rings is 1. The Labute approximate surface area is 72.7 Å². The highest BCUT2D eigenvalue weighted by Gasteiger charge is 2.06. The van der Waals surface area contributed by atoms with Crippen LogP contribution in [-0.4, -0.2) is 16.0 Å². The van der Waals surface area contributed by atoms with Crippen molar-refractivity contribution < 1.29 is 0 Å². The van der Waals surface area contributed by atoms with Gasteiger partial charge < -0.3 is 10.7 Å². The van der Waals surface area contributed by atoms with Gasteiger partial charge in [-0.1, -0.05) is 19.1 Å². The maximum atomic E-state index is 5.87. The molecule has 3 N–H and O–H groups in total. The van der Waals surface area contributed by atoms with Crippen LogP contribution >= 0.6 is 0 Å². The first kappa shape index (κ1) is 9.00. The number of hydrogen-bond donors (Lipinski definition) is 2. The van der Waals surface area contributed by atoms with E-state index in [1.54, 1.807) is 12.5 Å². The Morgan fingerprint density at radius 3 is 3.08 bits per heavy atom. The van der Waals surface area contributed by atoms with Gasteiger partial charge in [0.25, 0.3) is 0 Å². The number of nitrogens with two attached hydrogens (primary N) is 1. The van der Waals surface area contributed by atoms with Gasteiger partial charge in [0.2, 0.25) is 0 Å². The third-order valence-electron chi connectivity index (χ3n) is 1.97. The first-order valence-corrected chi connectivity index (χ1v) is 4.14. The third kappa shape index (κ3) is 2.20. The van der Waals surface area contributed by atoms with Crippen LogP contribution in [0.5, 0.6) is 0 Å². The van der Waals surface area contributed by atoms with Crippen LogP contribution in [0.2, 0.25) is 0 Å². The summed E-state index contributed by atoms with van der Waals surface area (Å²) in [5.41, 5.74) is 8.03. The zero-order valence-electron chi connectivity index (χ0n) is 7.38. The summed E-state index contributed by atoms with van der Waals surface area (Å²) < 4.78 is 0. The van der Waals surface area contributed by atoms with Crippen molar-refractivity contribution in [2.75, 3.05) is 0 Å². The topological polar surface area (TPSA) is 54.7 Å². The smallest absolute Gasteiger partial charge is 0.0921 e. The molecule has 0 aromatic carbocycles. The number of aromatic amines is 1. The van der Waals surface area contributed by atoms with Crippen LogP contribution in [0.3, 0.4) is 0 Å². The summed E-state index contributed by atoms with van der Waals surface area (Å²) in [4.78, 5) is 6.93. The number of nitrogens with zero attached hydrogens (tertiary/aromatic N) is 1. The van der Waals surface area contributed by atoms with Crippen molar-refractivity contribution in [1.29, 1.82) is 0 Å². The quantitative estimate of drug-likeness (QED) is 0.660. The molecular formula is C9H15N3. The van der Waals surface area contributed by atoms with Gasteiger partial charge in [0.05, 0.1) is 6.33 Å². The molecule has 12 heavy (non-hydrogen) atoms.